The zero-order valence-electron chi connectivity index (χ0n) is 17.1. The van der Waals surface area contributed by atoms with Crippen LogP contribution in [0.25, 0.3) is 0 Å². The maximum absolute atomic E-state index is 13.3. The number of benzene rings is 2. The number of hydrogen-bond acceptors (Lipinski definition) is 5. The Morgan fingerprint density at radius 1 is 1.10 bits per heavy atom. The first kappa shape index (κ1) is 20.5. The second kappa shape index (κ2) is 8.14. The third kappa shape index (κ3) is 3.94. The molecule has 30 heavy (non-hydrogen) atoms. The van der Waals surface area contributed by atoms with Crippen LogP contribution in [0.15, 0.2) is 53.9 Å². The summed E-state index contributed by atoms with van der Waals surface area (Å²) in [6.07, 6.45) is 2.52. The van der Waals surface area contributed by atoms with Gasteiger partial charge in [0, 0.05) is 24.3 Å². The van der Waals surface area contributed by atoms with Gasteiger partial charge in [-0.25, -0.2) is 8.42 Å². The van der Waals surface area contributed by atoms with Crippen molar-refractivity contribution in [2.24, 2.45) is 5.92 Å². The molecule has 0 bridgehead atoms. The Morgan fingerprint density at radius 2 is 1.80 bits per heavy atom. The molecule has 0 saturated carbocycles. The van der Waals surface area contributed by atoms with Gasteiger partial charge in [-0.1, -0.05) is 36.4 Å². The minimum Gasteiger partial charge on any atom is -0.493 e. The Hall–Kier alpha value is -2.80. The quantitative estimate of drug-likeness (QED) is 0.733. The smallest absolute Gasteiger partial charge is 0.223 e. The summed E-state index contributed by atoms with van der Waals surface area (Å²) in [7, 11) is 0.0249. The predicted octanol–water partition coefficient (Wildman–Crippen LogP) is 3.13. The summed E-state index contributed by atoms with van der Waals surface area (Å²) < 4.78 is 34.4. The van der Waals surface area contributed by atoms with Gasteiger partial charge in [0.1, 0.15) is 0 Å². The molecule has 0 spiro atoms. The monoisotopic (exact) mass is 427 g/mol. The summed E-state index contributed by atoms with van der Waals surface area (Å²) in [6.45, 7) is 0.560. The molecule has 2 unspecified atom stereocenters. The van der Waals surface area contributed by atoms with E-state index in [9.17, 15) is 13.2 Å². The van der Waals surface area contributed by atoms with E-state index in [-0.39, 0.29) is 30.0 Å². The highest BCUT2D eigenvalue weighted by molar-refractivity contribution is 7.94. The lowest BCUT2D eigenvalue weighted by molar-refractivity contribution is -0.133. The number of nitrogens with zero attached hydrogens (tertiary/aromatic N) is 1. The largest absolute Gasteiger partial charge is 0.493 e. The number of amides is 1. The first-order valence-electron chi connectivity index (χ1n) is 9.92. The van der Waals surface area contributed by atoms with Crippen LogP contribution < -0.4 is 9.47 Å². The number of hydrogen-bond donors (Lipinski definition) is 0. The maximum Gasteiger partial charge on any atom is 0.223 e. The summed E-state index contributed by atoms with van der Waals surface area (Å²) in [5, 5.41) is 1.22. The van der Waals surface area contributed by atoms with E-state index in [4.69, 9.17) is 9.47 Å². The van der Waals surface area contributed by atoms with Crippen molar-refractivity contribution in [3.05, 3.63) is 70.6 Å². The molecule has 2 aromatic carbocycles. The van der Waals surface area contributed by atoms with Crippen molar-refractivity contribution < 1.29 is 22.7 Å². The van der Waals surface area contributed by atoms with Crippen molar-refractivity contribution in [2.45, 2.75) is 18.9 Å². The third-order valence-electron chi connectivity index (χ3n) is 5.75. The molecule has 0 aromatic heterocycles. The van der Waals surface area contributed by atoms with Gasteiger partial charge in [-0.3, -0.25) is 4.79 Å². The van der Waals surface area contributed by atoms with Crippen LogP contribution >= 0.6 is 0 Å². The van der Waals surface area contributed by atoms with Crippen LogP contribution in [0.4, 0.5) is 0 Å². The number of fused-ring (bicyclic) bond motifs is 1. The minimum absolute atomic E-state index is 0.00416. The molecule has 2 heterocycles. The Labute approximate surface area is 177 Å². The van der Waals surface area contributed by atoms with Crippen molar-refractivity contribution in [1.82, 2.24) is 4.90 Å². The van der Waals surface area contributed by atoms with Crippen LogP contribution in [0.5, 0.6) is 11.5 Å². The van der Waals surface area contributed by atoms with E-state index in [1.54, 1.807) is 20.3 Å². The lowest BCUT2D eigenvalue weighted by atomic mass is 9.87. The standard InChI is InChI=1S/C23H25NO5S/c1-28-20-13-18-8-10-24(22(25)12-16-9-11-30(26,27)15-16)23(17-6-4-3-5-7-17)19(18)14-21(20)29-2/h3-7,9,11,13-14,16,23H,8,10,12,15H2,1-2H3. The van der Waals surface area contributed by atoms with Gasteiger partial charge in [-0.2, -0.15) is 0 Å². The van der Waals surface area contributed by atoms with Gasteiger partial charge in [0.15, 0.2) is 21.3 Å². The number of rotatable bonds is 5. The van der Waals surface area contributed by atoms with Crippen LogP contribution in [-0.4, -0.2) is 45.7 Å². The Balaban J connectivity index is 1.71. The molecule has 1 amide bonds. The van der Waals surface area contributed by atoms with Gasteiger partial charge in [0.2, 0.25) is 5.91 Å². The highest BCUT2D eigenvalue weighted by Crippen LogP contribution is 2.41. The lowest BCUT2D eigenvalue weighted by Gasteiger charge is -2.38. The normalized spacial score (nSPS) is 21.9. The van der Waals surface area contributed by atoms with E-state index in [2.05, 4.69) is 0 Å². The zero-order chi connectivity index (χ0) is 21.3. The molecule has 0 aliphatic carbocycles. The SMILES string of the molecule is COc1cc2c(cc1OC)C(c1ccccc1)N(C(=O)CC1C=CS(=O)(=O)C1)CC2. The van der Waals surface area contributed by atoms with Gasteiger partial charge < -0.3 is 14.4 Å². The van der Waals surface area contributed by atoms with Crippen molar-refractivity contribution >= 4 is 15.7 Å². The minimum atomic E-state index is -3.18. The molecule has 2 aliphatic heterocycles. The molecule has 2 atom stereocenters. The van der Waals surface area contributed by atoms with Gasteiger partial charge in [-0.05, 0) is 35.2 Å². The summed E-state index contributed by atoms with van der Waals surface area (Å²) in [6, 6.07) is 13.6. The maximum atomic E-state index is 13.3. The second-order valence-electron chi connectivity index (χ2n) is 7.68. The summed E-state index contributed by atoms with van der Waals surface area (Å²) >= 11 is 0. The first-order valence-corrected chi connectivity index (χ1v) is 11.6. The Bertz CT molecular complexity index is 1080. The average Bonchev–Trinajstić information content (AvgIpc) is 3.10. The Morgan fingerprint density at radius 3 is 2.43 bits per heavy atom. The van der Waals surface area contributed by atoms with Crippen LogP contribution in [0.1, 0.15) is 29.2 Å². The first-order chi connectivity index (χ1) is 14.4. The molecule has 7 heteroatoms. The van der Waals surface area contributed by atoms with Crippen LogP contribution in [0.2, 0.25) is 0 Å². The summed E-state index contributed by atoms with van der Waals surface area (Å²) in [4.78, 5) is 15.1. The fraction of sp³-hybridized carbons (Fsp3) is 0.348. The molecule has 0 N–H and O–H groups in total. The second-order valence-corrected chi connectivity index (χ2v) is 9.61. The molecule has 4 rings (SSSR count). The molecular formula is C23H25NO5S. The van der Waals surface area contributed by atoms with Crippen molar-refractivity contribution in [3.8, 4) is 11.5 Å². The van der Waals surface area contributed by atoms with E-state index in [1.165, 1.54) is 5.41 Å². The number of methoxy groups -OCH3 is 2. The van der Waals surface area contributed by atoms with Gasteiger partial charge in [0.05, 0.1) is 26.0 Å². The number of carbonyl (C=O) groups excluding carboxylic acids is 1. The van der Waals surface area contributed by atoms with E-state index >= 15 is 0 Å². The predicted molar refractivity (Wildman–Crippen MR) is 114 cm³/mol. The van der Waals surface area contributed by atoms with Crippen molar-refractivity contribution in [3.63, 3.8) is 0 Å². The van der Waals surface area contributed by atoms with E-state index in [0.29, 0.717) is 24.5 Å². The molecule has 0 radical (unpaired) electrons. The van der Waals surface area contributed by atoms with E-state index in [0.717, 1.165) is 16.7 Å². The van der Waals surface area contributed by atoms with Gasteiger partial charge in [0.25, 0.3) is 0 Å². The number of allylic oxidation sites excluding steroid dienone is 1. The molecule has 158 valence electrons. The van der Waals surface area contributed by atoms with Crippen molar-refractivity contribution in [2.75, 3.05) is 26.5 Å². The highest BCUT2D eigenvalue weighted by atomic mass is 32.2. The summed E-state index contributed by atoms with van der Waals surface area (Å²) in [5.41, 5.74) is 3.13. The topological polar surface area (TPSA) is 72.9 Å². The fourth-order valence-corrected chi connectivity index (χ4v) is 5.72. The van der Waals surface area contributed by atoms with Gasteiger partial charge in [-0.15, -0.1) is 0 Å². The average molecular weight is 428 g/mol. The molecule has 0 fully saturated rings. The fourth-order valence-electron chi connectivity index (χ4n) is 4.32. The van der Waals surface area contributed by atoms with Crippen LogP contribution in [0, 0.1) is 5.92 Å². The molecule has 0 saturated heterocycles. The van der Waals surface area contributed by atoms with Crippen molar-refractivity contribution in [1.29, 1.82) is 0 Å². The van der Waals surface area contributed by atoms with Gasteiger partial charge >= 0.3 is 0 Å². The number of sulfone groups is 1. The third-order valence-corrected chi connectivity index (χ3v) is 7.22. The number of carbonyl (C=O) groups is 1. The van der Waals surface area contributed by atoms with E-state index in [1.807, 2.05) is 47.4 Å². The molecule has 2 aliphatic rings. The Kier molecular flexibility index (Phi) is 5.56. The molecular weight excluding hydrogens is 402 g/mol. The van der Waals surface area contributed by atoms with Crippen LogP contribution in [0.3, 0.4) is 0 Å². The van der Waals surface area contributed by atoms with E-state index < -0.39 is 9.84 Å². The number of ether oxygens (including phenoxy) is 2. The lowest BCUT2D eigenvalue weighted by Crippen LogP contribution is -2.41. The van der Waals surface area contributed by atoms with Crippen LogP contribution in [-0.2, 0) is 21.1 Å². The summed E-state index contributed by atoms with van der Waals surface area (Å²) in [5.74, 6) is 0.978. The zero-order valence-corrected chi connectivity index (χ0v) is 17.9. The molecule has 2 aromatic rings. The highest BCUT2D eigenvalue weighted by Gasteiger charge is 2.35. The molecule has 6 nitrogen and oxygen atoms in total.